The van der Waals surface area contributed by atoms with Crippen LogP contribution in [0.1, 0.15) is 18.4 Å². The maximum atomic E-state index is 13.3. The Morgan fingerprint density at radius 3 is 2.42 bits per heavy atom. The van der Waals surface area contributed by atoms with Crippen LogP contribution in [0.2, 0.25) is 0 Å². The first-order chi connectivity index (χ1) is 12.3. The van der Waals surface area contributed by atoms with E-state index in [-0.39, 0.29) is 0 Å². The summed E-state index contributed by atoms with van der Waals surface area (Å²) in [4.78, 5) is 23.9. The third-order valence-electron chi connectivity index (χ3n) is 4.37. The summed E-state index contributed by atoms with van der Waals surface area (Å²) >= 11 is 3.44. The monoisotopic (exact) mass is 419 g/mol. The molecule has 0 radical (unpaired) electrons. The minimum atomic E-state index is -1.38. The van der Waals surface area contributed by atoms with Gasteiger partial charge in [-0.3, -0.25) is 14.9 Å². The molecule has 1 aliphatic rings. The number of nitro groups is 1. The molecule has 0 aliphatic carbocycles. The van der Waals surface area contributed by atoms with Gasteiger partial charge in [0.05, 0.1) is 17.3 Å². The van der Waals surface area contributed by atoms with E-state index in [2.05, 4.69) is 21.0 Å². The molecule has 2 aromatic rings. The Hall–Kier alpha value is -2.61. The van der Waals surface area contributed by atoms with Crippen molar-refractivity contribution in [2.45, 2.75) is 17.2 Å². The van der Waals surface area contributed by atoms with Gasteiger partial charge in [-0.15, -0.1) is 0 Å². The van der Waals surface area contributed by atoms with Crippen LogP contribution >= 0.6 is 15.9 Å². The maximum Gasteiger partial charge on any atom is 0.271 e. The molecule has 1 aliphatic heterocycles. The van der Waals surface area contributed by atoms with Crippen LogP contribution < -0.4 is 5.01 Å². The molecule has 0 spiro atoms. The number of carbonyl (C=O) groups is 1. The number of para-hydroxylation sites is 1. The fourth-order valence-corrected chi connectivity index (χ4v) is 3.68. The summed E-state index contributed by atoms with van der Waals surface area (Å²) in [5, 5.41) is 16.8. The van der Waals surface area contributed by atoms with Crippen molar-refractivity contribution < 1.29 is 14.1 Å². The molecule has 1 heterocycles. The molecule has 134 valence electrons. The van der Waals surface area contributed by atoms with Gasteiger partial charge in [0.2, 0.25) is 6.54 Å². The van der Waals surface area contributed by atoms with E-state index in [0.717, 1.165) is 0 Å². The molecule has 26 heavy (non-hydrogen) atoms. The van der Waals surface area contributed by atoms with E-state index in [9.17, 15) is 19.3 Å². The van der Waals surface area contributed by atoms with Crippen LogP contribution in [0.25, 0.3) is 0 Å². The maximum absolute atomic E-state index is 13.3. The number of rotatable bonds is 5. The second-order valence-electron chi connectivity index (χ2n) is 5.97. The average molecular weight is 420 g/mol. The van der Waals surface area contributed by atoms with Gasteiger partial charge in [-0.1, -0.05) is 46.3 Å². The van der Waals surface area contributed by atoms with Crippen molar-refractivity contribution in [2.24, 2.45) is 5.10 Å². The zero-order chi connectivity index (χ0) is 18.9. The average Bonchev–Trinajstić information content (AvgIpc) is 2.86. The Morgan fingerprint density at radius 2 is 1.85 bits per heavy atom. The Bertz CT molecular complexity index is 873. The van der Waals surface area contributed by atoms with E-state index >= 15 is 0 Å². The number of alkyl halides is 1. The number of hydrogen-bond acceptors (Lipinski definition) is 4. The molecule has 3 rings (SSSR count). The van der Waals surface area contributed by atoms with Crippen molar-refractivity contribution in [1.29, 1.82) is 0 Å². The Morgan fingerprint density at radius 1 is 1.23 bits per heavy atom. The number of carbonyl (C=O) groups excluding carboxylic acids is 1. The number of anilines is 1. The van der Waals surface area contributed by atoms with Crippen LogP contribution in [-0.2, 0) is 4.79 Å². The summed E-state index contributed by atoms with van der Waals surface area (Å²) in [5.41, 5.74) is 1.46. The number of benzene rings is 2. The van der Waals surface area contributed by atoms with E-state index in [1.807, 2.05) is 6.07 Å². The number of hydrogen-bond donors (Lipinski definition) is 0. The second-order valence-corrected chi connectivity index (χ2v) is 7.22. The minimum absolute atomic E-state index is 0.405. The molecular weight excluding hydrogens is 405 g/mol. The van der Waals surface area contributed by atoms with Gasteiger partial charge in [0.1, 0.15) is 5.82 Å². The summed E-state index contributed by atoms with van der Waals surface area (Å²) in [6.45, 7) is 1.14. The lowest BCUT2D eigenvalue weighted by Crippen LogP contribution is -2.47. The molecule has 0 saturated heterocycles. The lowest BCUT2D eigenvalue weighted by molar-refractivity contribution is -0.483. The van der Waals surface area contributed by atoms with Gasteiger partial charge in [-0.05, 0) is 36.8 Å². The number of hydrazone groups is 1. The topological polar surface area (TPSA) is 75.8 Å². The first kappa shape index (κ1) is 18.2. The van der Waals surface area contributed by atoms with E-state index in [1.54, 1.807) is 31.2 Å². The zero-order valence-corrected chi connectivity index (χ0v) is 15.4. The van der Waals surface area contributed by atoms with Gasteiger partial charge in [0.25, 0.3) is 5.91 Å². The molecule has 2 aromatic carbocycles. The highest BCUT2D eigenvalue weighted by molar-refractivity contribution is 9.10. The highest BCUT2D eigenvalue weighted by Crippen LogP contribution is 2.43. The summed E-state index contributed by atoms with van der Waals surface area (Å²) in [6.07, 6.45) is 0. The lowest BCUT2D eigenvalue weighted by atomic mass is 9.82. The predicted octanol–water partition coefficient (Wildman–Crippen LogP) is 3.74. The normalized spacial score (nSPS) is 20.8. The van der Waals surface area contributed by atoms with Crippen LogP contribution in [0.3, 0.4) is 0 Å². The molecule has 0 aromatic heterocycles. The second kappa shape index (κ2) is 6.95. The van der Waals surface area contributed by atoms with Gasteiger partial charge < -0.3 is 0 Å². The van der Waals surface area contributed by atoms with Gasteiger partial charge in [-0.2, -0.15) is 10.1 Å². The number of amides is 1. The minimum Gasteiger partial charge on any atom is -0.270 e. The zero-order valence-electron chi connectivity index (χ0n) is 13.8. The summed E-state index contributed by atoms with van der Waals surface area (Å²) in [6, 6.07) is 14.2. The quantitative estimate of drug-likeness (QED) is 0.420. The third-order valence-corrected chi connectivity index (χ3v) is 5.83. The predicted molar refractivity (Wildman–Crippen MR) is 99.7 cm³/mol. The molecule has 8 heteroatoms. The highest BCUT2D eigenvalue weighted by Gasteiger charge is 2.55. The van der Waals surface area contributed by atoms with Crippen LogP contribution in [0.5, 0.6) is 0 Å². The van der Waals surface area contributed by atoms with Gasteiger partial charge in [-0.25, -0.2) is 4.39 Å². The molecule has 0 fully saturated rings. The van der Waals surface area contributed by atoms with E-state index in [4.69, 9.17) is 0 Å². The molecule has 2 atom stereocenters. The third kappa shape index (κ3) is 3.12. The lowest BCUT2D eigenvalue weighted by Gasteiger charge is -2.29. The van der Waals surface area contributed by atoms with Crippen molar-refractivity contribution in [1.82, 2.24) is 0 Å². The molecule has 0 unspecified atom stereocenters. The van der Waals surface area contributed by atoms with Crippen molar-refractivity contribution in [3.8, 4) is 0 Å². The Balaban J connectivity index is 2.05. The van der Waals surface area contributed by atoms with Crippen molar-refractivity contribution >= 4 is 33.2 Å². The Kier molecular flexibility index (Phi) is 4.86. The van der Waals surface area contributed by atoms with Crippen LogP contribution in [0.4, 0.5) is 10.1 Å². The molecule has 6 nitrogen and oxygen atoms in total. The molecule has 0 bridgehead atoms. The van der Waals surface area contributed by atoms with Crippen molar-refractivity contribution in [3.05, 3.63) is 76.1 Å². The fourth-order valence-electron chi connectivity index (χ4n) is 3.03. The largest absolute Gasteiger partial charge is 0.271 e. The van der Waals surface area contributed by atoms with Crippen molar-refractivity contribution in [3.63, 3.8) is 0 Å². The van der Waals surface area contributed by atoms with Crippen LogP contribution in [-0.4, -0.2) is 27.4 Å². The van der Waals surface area contributed by atoms with Gasteiger partial charge >= 0.3 is 0 Å². The molecular formula is C18H15BrFN3O3. The summed E-state index contributed by atoms with van der Waals surface area (Å²) in [7, 11) is 0. The van der Waals surface area contributed by atoms with Crippen LogP contribution in [0.15, 0.2) is 59.7 Å². The van der Waals surface area contributed by atoms with Gasteiger partial charge in [0, 0.05) is 4.92 Å². The smallest absolute Gasteiger partial charge is 0.270 e. The van der Waals surface area contributed by atoms with E-state index in [0.29, 0.717) is 17.0 Å². The number of nitrogens with zero attached hydrogens (tertiary/aromatic N) is 3. The molecule has 0 N–H and O–H groups in total. The van der Waals surface area contributed by atoms with E-state index < -0.39 is 33.4 Å². The molecule has 1 amide bonds. The number of halogens is 2. The molecule has 0 saturated carbocycles. The van der Waals surface area contributed by atoms with E-state index in [1.165, 1.54) is 29.3 Å². The first-order valence-electron chi connectivity index (χ1n) is 7.85. The van der Waals surface area contributed by atoms with Gasteiger partial charge in [0.15, 0.2) is 4.32 Å². The fraction of sp³-hybridized carbons (Fsp3) is 0.222. The Labute approximate surface area is 157 Å². The summed E-state index contributed by atoms with van der Waals surface area (Å²) in [5.74, 6) is -1.72. The van der Waals surface area contributed by atoms with Crippen molar-refractivity contribution in [2.75, 3.05) is 11.6 Å². The van der Waals surface area contributed by atoms with Crippen LogP contribution in [0, 0.1) is 15.9 Å². The summed E-state index contributed by atoms with van der Waals surface area (Å²) < 4.78 is 11.9. The first-order valence-corrected chi connectivity index (χ1v) is 8.64. The standard InChI is InChI=1S/C18H15BrFN3O3/c1-12-18(19,17(24)23(21-12)15-5-3-2-4-6-15)16(11-22(25)26)13-7-9-14(20)10-8-13/h2-10,16H,11H2,1H3/t16-,18-/m0/s1. The highest BCUT2D eigenvalue weighted by atomic mass is 79.9. The SMILES string of the molecule is CC1=NN(c2ccccc2)C(=O)[C@@]1(Br)[C@@H](C[N+](=O)[O-])c1ccc(F)cc1.